The molecule has 124 valence electrons. The van der Waals surface area contributed by atoms with Gasteiger partial charge < -0.3 is 10.0 Å². The molecule has 1 N–H and O–H groups in total. The van der Waals surface area contributed by atoms with Gasteiger partial charge in [0.05, 0.1) is 5.92 Å². The third kappa shape index (κ3) is 3.26. The maximum Gasteiger partial charge on any atom is 0.308 e. The normalized spacial score (nSPS) is 31.1. The molecule has 2 atom stereocenters. The first kappa shape index (κ1) is 16.0. The molecule has 0 radical (unpaired) electrons. The van der Waals surface area contributed by atoms with Crippen molar-refractivity contribution in [3.05, 3.63) is 35.9 Å². The molecule has 0 aromatic heterocycles. The Labute approximate surface area is 137 Å². The molecule has 1 aliphatic heterocycles. The van der Waals surface area contributed by atoms with E-state index in [1.807, 2.05) is 17.9 Å². The molecule has 2 unspecified atom stereocenters. The maximum absolute atomic E-state index is 12.8. The molecule has 1 aromatic rings. The number of hydrogen-bond donors (Lipinski definition) is 1. The zero-order valence-electron chi connectivity index (χ0n) is 13.6. The minimum atomic E-state index is -0.777. The summed E-state index contributed by atoms with van der Waals surface area (Å²) in [4.78, 5) is 25.8. The van der Waals surface area contributed by atoms with E-state index in [0.29, 0.717) is 18.9 Å². The zero-order chi connectivity index (χ0) is 16.4. The third-order valence-electron chi connectivity index (χ3n) is 5.70. The summed E-state index contributed by atoms with van der Waals surface area (Å²) in [6.07, 6.45) is 4.51. The van der Waals surface area contributed by atoms with Gasteiger partial charge in [-0.1, -0.05) is 30.3 Å². The maximum atomic E-state index is 12.8. The number of carbonyl (C=O) groups excluding carboxylic acids is 1. The van der Waals surface area contributed by atoms with E-state index in [9.17, 15) is 14.7 Å². The topological polar surface area (TPSA) is 57.6 Å². The number of carbonyl (C=O) groups is 2. The Morgan fingerprint density at radius 3 is 2.26 bits per heavy atom. The van der Waals surface area contributed by atoms with Gasteiger partial charge in [0, 0.05) is 18.5 Å². The van der Waals surface area contributed by atoms with Gasteiger partial charge in [-0.2, -0.15) is 0 Å². The van der Waals surface area contributed by atoms with Crippen LogP contribution < -0.4 is 0 Å². The number of amides is 1. The van der Waals surface area contributed by atoms with Crippen LogP contribution in [0.4, 0.5) is 0 Å². The first-order valence-electron chi connectivity index (χ1n) is 8.66. The number of carboxylic acid groups (broad SMARTS) is 1. The molecule has 1 saturated carbocycles. The summed E-state index contributed by atoms with van der Waals surface area (Å²) < 4.78 is 0. The summed E-state index contributed by atoms with van der Waals surface area (Å²) in [5.74, 6) is -0.374. The molecule has 1 amide bonds. The second kappa shape index (κ2) is 6.73. The van der Waals surface area contributed by atoms with Crippen LogP contribution in [0.1, 0.15) is 50.5 Å². The average molecular weight is 315 g/mol. The Hall–Kier alpha value is -1.84. The van der Waals surface area contributed by atoms with Gasteiger partial charge in [0.1, 0.15) is 0 Å². The van der Waals surface area contributed by atoms with Crippen LogP contribution in [0.2, 0.25) is 0 Å². The van der Waals surface area contributed by atoms with Crippen molar-refractivity contribution in [2.24, 2.45) is 11.8 Å². The Morgan fingerprint density at radius 2 is 1.70 bits per heavy atom. The van der Waals surface area contributed by atoms with Gasteiger partial charge in [-0.25, -0.2) is 0 Å². The third-order valence-corrected chi connectivity index (χ3v) is 5.70. The van der Waals surface area contributed by atoms with E-state index in [2.05, 4.69) is 24.3 Å². The molecule has 0 bridgehead atoms. The highest BCUT2D eigenvalue weighted by molar-refractivity contribution is 5.81. The zero-order valence-corrected chi connectivity index (χ0v) is 13.6. The predicted octanol–water partition coefficient (Wildman–Crippen LogP) is 3.28. The summed E-state index contributed by atoms with van der Waals surface area (Å²) in [7, 11) is 0. The Morgan fingerprint density at radius 1 is 1.04 bits per heavy atom. The van der Waals surface area contributed by atoms with Crippen molar-refractivity contribution >= 4 is 11.9 Å². The molecule has 2 fully saturated rings. The van der Waals surface area contributed by atoms with E-state index in [4.69, 9.17) is 0 Å². The number of aliphatic carboxylic acids is 1. The number of nitrogens with zero attached hydrogens (tertiary/aromatic N) is 1. The Bertz CT molecular complexity index is 563. The summed E-state index contributed by atoms with van der Waals surface area (Å²) >= 11 is 0. The second-order valence-electron chi connectivity index (χ2n) is 6.96. The van der Waals surface area contributed by atoms with Crippen LogP contribution in [0.25, 0.3) is 0 Å². The number of benzene rings is 1. The Kier molecular flexibility index (Phi) is 4.69. The van der Waals surface area contributed by atoms with Crippen LogP contribution in [-0.4, -0.2) is 34.5 Å². The van der Waals surface area contributed by atoms with Gasteiger partial charge in [0.15, 0.2) is 0 Å². The number of hydrogen-bond acceptors (Lipinski definition) is 2. The van der Waals surface area contributed by atoms with Crippen molar-refractivity contribution in [1.82, 2.24) is 4.90 Å². The SMILES string of the molecule is CC1C(C(=O)O)CCN1C(=O)C1CCC(c2ccccc2)CC1. The lowest BCUT2D eigenvalue weighted by Crippen LogP contribution is -2.42. The number of likely N-dealkylation sites (tertiary alicyclic amines) is 1. The fraction of sp³-hybridized carbons (Fsp3) is 0.579. The van der Waals surface area contributed by atoms with E-state index in [-0.39, 0.29) is 17.9 Å². The first-order valence-corrected chi connectivity index (χ1v) is 8.66. The van der Waals surface area contributed by atoms with E-state index < -0.39 is 11.9 Å². The second-order valence-corrected chi connectivity index (χ2v) is 6.96. The van der Waals surface area contributed by atoms with E-state index in [1.165, 1.54) is 5.56 Å². The summed E-state index contributed by atoms with van der Waals surface area (Å²) in [5, 5.41) is 9.22. The van der Waals surface area contributed by atoms with Crippen LogP contribution in [0.15, 0.2) is 30.3 Å². The van der Waals surface area contributed by atoms with E-state index >= 15 is 0 Å². The monoisotopic (exact) mass is 315 g/mol. The largest absolute Gasteiger partial charge is 0.481 e. The molecular formula is C19H25NO3. The minimum absolute atomic E-state index is 0.0740. The molecule has 4 heteroatoms. The lowest BCUT2D eigenvalue weighted by molar-refractivity contribution is -0.143. The van der Waals surface area contributed by atoms with Gasteiger partial charge in [0.2, 0.25) is 5.91 Å². The molecule has 1 saturated heterocycles. The summed E-state index contributed by atoms with van der Waals surface area (Å²) in [6, 6.07) is 10.4. The lowest BCUT2D eigenvalue weighted by atomic mass is 9.78. The summed E-state index contributed by atoms with van der Waals surface area (Å²) in [6.45, 7) is 2.47. The number of carboxylic acids is 1. The highest BCUT2D eigenvalue weighted by Crippen LogP contribution is 2.37. The molecule has 23 heavy (non-hydrogen) atoms. The van der Waals surface area contributed by atoms with Crippen LogP contribution in [0, 0.1) is 11.8 Å². The van der Waals surface area contributed by atoms with Crippen molar-refractivity contribution in [1.29, 1.82) is 0 Å². The molecule has 4 nitrogen and oxygen atoms in total. The molecule has 0 spiro atoms. The van der Waals surface area contributed by atoms with Crippen molar-refractivity contribution in [3.8, 4) is 0 Å². The molecular weight excluding hydrogens is 290 g/mol. The summed E-state index contributed by atoms with van der Waals surface area (Å²) in [5.41, 5.74) is 1.37. The van der Waals surface area contributed by atoms with Gasteiger partial charge in [0.25, 0.3) is 0 Å². The fourth-order valence-corrected chi connectivity index (χ4v) is 4.21. The van der Waals surface area contributed by atoms with Crippen molar-refractivity contribution < 1.29 is 14.7 Å². The van der Waals surface area contributed by atoms with E-state index in [0.717, 1.165) is 25.7 Å². The molecule has 1 aliphatic carbocycles. The number of rotatable bonds is 3. The van der Waals surface area contributed by atoms with Crippen molar-refractivity contribution in [2.75, 3.05) is 6.54 Å². The van der Waals surface area contributed by atoms with Crippen LogP contribution >= 0.6 is 0 Å². The molecule has 2 aliphatic rings. The molecule has 3 rings (SSSR count). The van der Waals surface area contributed by atoms with Gasteiger partial charge in [-0.05, 0) is 50.5 Å². The van der Waals surface area contributed by atoms with Gasteiger partial charge in [-0.3, -0.25) is 9.59 Å². The van der Waals surface area contributed by atoms with Crippen molar-refractivity contribution in [3.63, 3.8) is 0 Å². The van der Waals surface area contributed by atoms with Gasteiger partial charge in [-0.15, -0.1) is 0 Å². The standard InChI is InChI=1S/C19H25NO3/c1-13-17(19(22)23)11-12-20(13)18(21)16-9-7-15(8-10-16)14-5-3-2-4-6-14/h2-6,13,15-17H,7-12H2,1H3,(H,22,23). The minimum Gasteiger partial charge on any atom is -0.481 e. The quantitative estimate of drug-likeness (QED) is 0.931. The van der Waals surface area contributed by atoms with Crippen LogP contribution in [0.5, 0.6) is 0 Å². The predicted molar refractivity (Wildman–Crippen MR) is 88.1 cm³/mol. The highest BCUT2D eigenvalue weighted by Gasteiger charge is 2.40. The first-order chi connectivity index (χ1) is 11.1. The van der Waals surface area contributed by atoms with Gasteiger partial charge >= 0.3 is 5.97 Å². The molecule has 1 aromatic carbocycles. The lowest BCUT2D eigenvalue weighted by Gasteiger charge is -2.32. The molecule has 1 heterocycles. The Balaban J connectivity index is 1.58. The average Bonchev–Trinajstić information content (AvgIpc) is 2.97. The fourth-order valence-electron chi connectivity index (χ4n) is 4.21. The van der Waals surface area contributed by atoms with Crippen LogP contribution in [0.3, 0.4) is 0 Å². The highest BCUT2D eigenvalue weighted by atomic mass is 16.4. The van der Waals surface area contributed by atoms with E-state index in [1.54, 1.807) is 0 Å². The van der Waals surface area contributed by atoms with Crippen LogP contribution in [-0.2, 0) is 9.59 Å². The van der Waals surface area contributed by atoms with Crippen molar-refractivity contribution in [2.45, 2.75) is 51.0 Å². The smallest absolute Gasteiger partial charge is 0.308 e.